The first kappa shape index (κ1) is 12.2. The minimum absolute atomic E-state index is 0.211. The van der Waals surface area contributed by atoms with E-state index >= 15 is 0 Å². The van der Waals surface area contributed by atoms with Crippen LogP contribution in [0.5, 0.6) is 5.75 Å². The Kier molecular flexibility index (Phi) is 3.53. The fourth-order valence-electron chi connectivity index (χ4n) is 2.34. The van der Waals surface area contributed by atoms with Gasteiger partial charge in [0.15, 0.2) is 0 Å². The average molecular weight is 231 g/mol. The molecule has 17 heavy (non-hydrogen) atoms. The molecule has 1 aromatic carbocycles. The summed E-state index contributed by atoms with van der Waals surface area (Å²) in [5, 5.41) is 0. The molecule has 1 saturated carbocycles. The maximum Gasteiger partial charge on any atom is 0.120 e. The Labute approximate surface area is 103 Å². The van der Waals surface area contributed by atoms with E-state index in [2.05, 4.69) is 24.8 Å². The fourth-order valence-corrected chi connectivity index (χ4v) is 2.34. The Hall–Kier alpha value is -1.28. The number of hydrogen-bond donors (Lipinski definition) is 1. The third kappa shape index (κ3) is 2.52. The van der Waals surface area contributed by atoms with Gasteiger partial charge in [-0.1, -0.05) is 25.1 Å². The lowest BCUT2D eigenvalue weighted by atomic mass is 9.64. The van der Waals surface area contributed by atoms with Gasteiger partial charge in [0.25, 0.3) is 0 Å². The molecule has 1 aliphatic rings. The van der Waals surface area contributed by atoms with Crippen LogP contribution in [-0.2, 0) is 5.41 Å². The molecular weight excluding hydrogens is 210 g/mol. The van der Waals surface area contributed by atoms with Gasteiger partial charge in [-0.25, -0.2) is 0 Å². The molecule has 0 atom stereocenters. The van der Waals surface area contributed by atoms with E-state index in [0.717, 1.165) is 17.9 Å². The summed E-state index contributed by atoms with van der Waals surface area (Å²) >= 11 is 0. The molecule has 0 aromatic heterocycles. The highest BCUT2D eigenvalue weighted by atomic mass is 16.5. The van der Waals surface area contributed by atoms with E-state index in [0.29, 0.717) is 6.61 Å². The molecule has 0 amide bonds. The first-order valence-electron chi connectivity index (χ1n) is 6.24. The summed E-state index contributed by atoms with van der Waals surface area (Å²) < 4.78 is 5.68. The largest absolute Gasteiger partial charge is 0.489 e. The molecule has 2 rings (SSSR count). The zero-order valence-corrected chi connectivity index (χ0v) is 10.5. The number of nitrogens with two attached hydrogens (primary N) is 1. The van der Waals surface area contributed by atoms with E-state index in [1.165, 1.54) is 24.8 Å². The van der Waals surface area contributed by atoms with Crippen LogP contribution in [0.2, 0.25) is 0 Å². The average Bonchev–Trinajstić information content (AvgIpc) is 2.26. The van der Waals surface area contributed by atoms with Crippen LogP contribution in [-0.4, -0.2) is 13.2 Å². The van der Waals surface area contributed by atoms with Gasteiger partial charge in [-0.2, -0.15) is 0 Å². The number of rotatable bonds is 5. The van der Waals surface area contributed by atoms with Gasteiger partial charge in [0.1, 0.15) is 12.4 Å². The van der Waals surface area contributed by atoms with Crippen LogP contribution in [0, 0.1) is 0 Å². The molecule has 1 fully saturated rings. The molecule has 1 aliphatic carbocycles. The van der Waals surface area contributed by atoms with E-state index in [4.69, 9.17) is 10.5 Å². The van der Waals surface area contributed by atoms with Gasteiger partial charge < -0.3 is 10.5 Å². The lowest BCUT2D eigenvalue weighted by Crippen LogP contribution is -2.41. The predicted octanol–water partition coefficient (Wildman–Crippen LogP) is 3.02. The first-order chi connectivity index (χ1) is 8.16. The van der Waals surface area contributed by atoms with E-state index < -0.39 is 0 Å². The highest BCUT2D eigenvalue weighted by molar-refractivity contribution is 5.36. The molecule has 0 bridgehead atoms. The standard InChI is InChI=1S/C15H21NO/c1-12(2)10-17-14-6-3-5-13(9-14)15(11-16)7-4-8-15/h3,5-6,9H,1,4,7-8,10-11,16H2,2H3. The van der Waals surface area contributed by atoms with Crippen molar-refractivity contribution in [3.63, 3.8) is 0 Å². The minimum atomic E-state index is 0.211. The zero-order chi connectivity index (χ0) is 12.3. The molecule has 1 aromatic rings. The van der Waals surface area contributed by atoms with Crippen LogP contribution in [0.1, 0.15) is 31.7 Å². The summed E-state index contributed by atoms with van der Waals surface area (Å²) in [5.41, 5.74) is 8.49. The third-order valence-electron chi connectivity index (χ3n) is 3.63. The lowest BCUT2D eigenvalue weighted by Gasteiger charge is -2.41. The molecule has 92 valence electrons. The smallest absolute Gasteiger partial charge is 0.120 e. The zero-order valence-electron chi connectivity index (χ0n) is 10.5. The quantitative estimate of drug-likeness (QED) is 0.791. The van der Waals surface area contributed by atoms with Crippen molar-refractivity contribution in [3.05, 3.63) is 42.0 Å². The van der Waals surface area contributed by atoms with Crippen molar-refractivity contribution in [2.45, 2.75) is 31.6 Å². The van der Waals surface area contributed by atoms with Gasteiger partial charge in [0.2, 0.25) is 0 Å². The summed E-state index contributed by atoms with van der Waals surface area (Å²) in [6.45, 7) is 7.12. The van der Waals surface area contributed by atoms with E-state index in [1.807, 2.05) is 13.0 Å². The third-order valence-corrected chi connectivity index (χ3v) is 3.63. The fraction of sp³-hybridized carbons (Fsp3) is 0.467. The van der Waals surface area contributed by atoms with Crippen molar-refractivity contribution in [2.75, 3.05) is 13.2 Å². The van der Waals surface area contributed by atoms with Gasteiger partial charge in [-0.05, 0) is 43.0 Å². The molecule has 0 radical (unpaired) electrons. The van der Waals surface area contributed by atoms with Gasteiger partial charge in [-0.3, -0.25) is 0 Å². The van der Waals surface area contributed by atoms with Gasteiger partial charge in [0.05, 0.1) is 0 Å². The number of benzene rings is 1. The molecule has 0 saturated heterocycles. The van der Waals surface area contributed by atoms with Crippen molar-refractivity contribution in [1.82, 2.24) is 0 Å². The van der Waals surface area contributed by atoms with Crippen LogP contribution >= 0.6 is 0 Å². The van der Waals surface area contributed by atoms with Crippen LogP contribution in [0.15, 0.2) is 36.4 Å². The molecule has 2 nitrogen and oxygen atoms in total. The van der Waals surface area contributed by atoms with Crippen LogP contribution in [0.3, 0.4) is 0 Å². The Balaban J connectivity index is 2.13. The lowest BCUT2D eigenvalue weighted by molar-refractivity contribution is 0.251. The Bertz CT molecular complexity index is 402. The highest BCUT2D eigenvalue weighted by Gasteiger charge is 2.37. The number of hydrogen-bond acceptors (Lipinski definition) is 2. The molecular formula is C15H21NO. The Morgan fingerprint density at radius 3 is 2.76 bits per heavy atom. The molecule has 0 unspecified atom stereocenters. The topological polar surface area (TPSA) is 35.2 Å². The predicted molar refractivity (Wildman–Crippen MR) is 71.3 cm³/mol. The summed E-state index contributed by atoms with van der Waals surface area (Å²) in [5.74, 6) is 0.922. The van der Waals surface area contributed by atoms with Crippen molar-refractivity contribution in [1.29, 1.82) is 0 Å². The van der Waals surface area contributed by atoms with Crippen molar-refractivity contribution < 1.29 is 4.74 Å². The first-order valence-corrected chi connectivity index (χ1v) is 6.24. The Morgan fingerprint density at radius 1 is 1.47 bits per heavy atom. The maximum absolute atomic E-state index is 5.92. The monoisotopic (exact) mass is 231 g/mol. The van der Waals surface area contributed by atoms with Crippen molar-refractivity contribution in [2.24, 2.45) is 5.73 Å². The molecule has 0 heterocycles. The highest BCUT2D eigenvalue weighted by Crippen LogP contribution is 2.43. The van der Waals surface area contributed by atoms with Gasteiger partial charge >= 0.3 is 0 Å². The second-order valence-electron chi connectivity index (χ2n) is 5.11. The van der Waals surface area contributed by atoms with Crippen LogP contribution in [0.4, 0.5) is 0 Å². The summed E-state index contributed by atoms with van der Waals surface area (Å²) in [4.78, 5) is 0. The minimum Gasteiger partial charge on any atom is -0.489 e. The summed E-state index contributed by atoms with van der Waals surface area (Å²) in [6, 6.07) is 8.35. The molecule has 2 N–H and O–H groups in total. The summed E-state index contributed by atoms with van der Waals surface area (Å²) in [6.07, 6.45) is 3.69. The second kappa shape index (κ2) is 4.92. The van der Waals surface area contributed by atoms with E-state index in [-0.39, 0.29) is 5.41 Å². The molecule has 0 spiro atoms. The SMILES string of the molecule is C=C(C)COc1cccc(C2(CN)CCC2)c1. The van der Waals surface area contributed by atoms with Crippen molar-refractivity contribution in [3.8, 4) is 5.75 Å². The summed E-state index contributed by atoms with van der Waals surface area (Å²) in [7, 11) is 0. The van der Waals surface area contributed by atoms with Gasteiger partial charge in [-0.15, -0.1) is 0 Å². The normalized spacial score (nSPS) is 17.3. The van der Waals surface area contributed by atoms with E-state index in [1.54, 1.807) is 0 Å². The molecule has 0 aliphatic heterocycles. The Morgan fingerprint density at radius 2 is 2.24 bits per heavy atom. The van der Waals surface area contributed by atoms with E-state index in [9.17, 15) is 0 Å². The maximum atomic E-state index is 5.92. The number of ether oxygens (including phenoxy) is 1. The second-order valence-corrected chi connectivity index (χ2v) is 5.11. The van der Waals surface area contributed by atoms with Crippen LogP contribution < -0.4 is 10.5 Å². The van der Waals surface area contributed by atoms with Gasteiger partial charge in [0, 0.05) is 12.0 Å². The van der Waals surface area contributed by atoms with Crippen molar-refractivity contribution >= 4 is 0 Å². The van der Waals surface area contributed by atoms with Crippen LogP contribution in [0.25, 0.3) is 0 Å². The molecule has 2 heteroatoms.